The lowest BCUT2D eigenvalue weighted by Gasteiger charge is -2.40. The predicted molar refractivity (Wildman–Crippen MR) is 148 cm³/mol. The lowest BCUT2D eigenvalue weighted by atomic mass is 9.79. The van der Waals surface area contributed by atoms with Gasteiger partial charge >= 0.3 is 6.03 Å². The van der Waals surface area contributed by atoms with Gasteiger partial charge in [0.25, 0.3) is 0 Å². The minimum absolute atomic E-state index is 0.0115. The summed E-state index contributed by atoms with van der Waals surface area (Å²) in [6, 6.07) is 14.8. The Morgan fingerprint density at radius 3 is 2.66 bits per heavy atom. The van der Waals surface area contributed by atoms with Crippen LogP contribution in [0, 0.1) is 34.9 Å². The number of hydrogen-bond acceptors (Lipinski definition) is 3. The van der Waals surface area contributed by atoms with Crippen molar-refractivity contribution in [2.24, 2.45) is 17.8 Å². The van der Waals surface area contributed by atoms with E-state index in [-0.39, 0.29) is 22.5 Å². The lowest BCUT2D eigenvalue weighted by Crippen LogP contribution is -2.49. The molecule has 4 fully saturated rings. The van der Waals surface area contributed by atoms with Crippen LogP contribution >= 0.6 is 11.6 Å². The van der Waals surface area contributed by atoms with Crippen LogP contribution in [0.15, 0.2) is 42.5 Å². The summed E-state index contributed by atoms with van der Waals surface area (Å²) in [4.78, 5) is 18.4. The Balaban J connectivity index is 1.15. The highest BCUT2D eigenvalue weighted by molar-refractivity contribution is 6.31. The molecule has 3 atom stereocenters. The van der Waals surface area contributed by atoms with Crippen LogP contribution in [0.3, 0.4) is 0 Å². The number of halogens is 2. The van der Waals surface area contributed by atoms with Crippen LogP contribution in [0.25, 0.3) is 0 Å². The number of likely N-dealkylation sites (tertiary alicyclic amines) is 1. The smallest absolute Gasteiger partial charge is 0.321 e. The molecule has 5 nitrogen and oxygen atoms in total. The highest BCUT2D eigenvalue weighted by atomic mass is 35.5. The summed E-state index contributed by atoms with van der Waals surface area (Å²) >= 11 is 5.99. The average molecular weight is 535 g/mol. The van der Waals surface area contributed by atoms with Crippen molar-refractivity contribution in [2.75, 3.05) is 31.5 Å². The monoisotopic (exact) mass is 534 g/mol. The summed E-state index contributed by atoms with van der Waals surface area (Å²) < 4.78 is 13.7. The normalized spacial score (nSPS) is 27.3. The molecule has 1 aliphatic heterocycles. The molecule has 1 heterocycles. The molecule has 38 heavy (non-hydrogen) atoms. The van der Waals surface area contributed by atoms with E-state index in [0.717, 1.165) is 69.6 Å². The molecule has 7 heteroatoms. The second-order valence-electron chi connectivity index (χ2n) is 12.1. The van der Waals surface area contributed by atoms with E-state index in [0.29, 0.717) is 17.5 Å². The van der Waals surface area contributed by atoms with Crippen molar-refractivity contribution in [3.8, 4) is 6.07 Å². The van der Waals surface area contributed by atoms with Gasteiger partial charge in [0.15, 0.2) is 0 Å². The van der Waals surface area contributed by atoms with Gasteiger partial charge in [0, 0.05) is 24.8 Å². The van der Waals surface area contributed by atoms with Gasteiger partial charge in [-0.2, -0.15) is 5.26 Å². The molecule has 2 unspecified atom stereocenters. The van der Waals surface area contributed by atoms with Gasteiger partial charge in [-0.15, -0.1) is 0 Å². The van der Waals surface area contributed by atoms with Crippen molar-refractivity contribution in [3.05, 3.63) is 64.4 Å². The molecule has 0 aromatic heterocycles. The number of carbonyl (C=O) groups excluding carboxylic acids is 1. The fourth-order valence-corrected chi connectivity index (χ4v) is 7.19. The number of urea groups is 1. The highest BCUT2D eigenvalue weighted by Gasteiger charge is 2.58. The molecule has 3 saturated carbocycles. The number of carbonyl (C=O) groups is 1. The maximum Gasteiger partial charge on any atom is 0.322 e. The van der Waals surface area contributed by atoms with E-state index >= 15 is 0 Å². The van der Waals surface area contributed by atoms with Crippen LogP contribution in [0.5, 0.6) is 0 Å². The molecule has 0 spiro atoms. The SMILES string of the molecule is N#Cc1cccc(C23CC[C@H](N(CC4CCN(CC5CC5)CC4)C(=O)Nc4ccc(F)c(Cl)c4)CC2C3)c1. The van der Waals surface area contributed by atoms with E-state index < -0.39 is 5.82 Å². The molecular weight excluding hydrogens is 499 g/mol. The topological polar surface area (TPSA) is 59.4 Å². The third-order valence-electron chi connectivity index (χ3n) is 9.53. The second-order valence-corrected chi connectivity index (χ2v) is 12.5. The number of nitrogens with one attached hydrogen (secondary N) is 1. The van der Waals surface area contributed by atoms with Crippen LogP contribution < -0.4 is 5.32 Å². The number of nitriles is 1. The first-order valence-corrected chi connectivity index (χ1v) is 14.6. The Morgan fingerprint density at radius 2 is 1.95 bits per heavy atom. The van der Waals surface area contributed by atoms with Crippen molar-refractivity contribution in [3.63, 3.8) is 0 Å². The first-order chi connectivity index (χ1) is 18.4. The zero-order valence-electron chi connectivity index (χ0n) is 21.8. The zero-order valence-corrected chi connectivity index (χ0v) is 22.6. The third kappa shape index (κ3) is 5.42. The van der Waals surface area contributed by atoms with Gasteiger partial charge in [-0.25, -0.2) is 9.18 Å². The fraction of sp³-hybridized carbons (Fsp3) is 0.548. The lowest BCUT2D eigenvalue weighted by molar-refractivity contribution is 0.115. The maximum atomic E-state index is 13.7. The second kappa shape index (κ2) is 10.5. The van der Waals surface area contributed by atoms with Gasteiger partial charge in [0.2, 0.25) is 0 Å². The summed E-state index contributed by atoms with van der Waals surface area (Å²) in [6.45, 7) is 4.24. The van der Waals surface area contributed by atoms with E-state index in [1.165, 1.54) is 37.1 Å². The van der Waals surface area contributed by atoms with Crippen molar-refractivity contribution in [1.82, 2.24) is 9.80 Å². The van der Waals surface area contributed by atoms with Gasteiger partial charge in [0.1, 0.15) is 5.82 Å². The Labute approximate surface area is 229 Å². The van der Waals surface area contributed by atoms with Crippen LogP contribution in [-0.2, 0) is 5.41 Å². The number of amides is 2. The molecule has 200 valence electrons. The zero-order chi connectivity index (χ0) is 26.3. The highest BCUT2D eigenvalue weighted by Crippen LogP contribution is 2.63. The molecule has 6 rings (SSSR count). The standard InChI is InChI=1S/C31H36ClFN4O/c32-28-16-26(6-7-29(28)33)35-30(38)37(20-22-9-12-36(13-10-22)19-21-4-5-21)27-8-11-31(17-25(31)15-27)24-3-1-2-23(14-24)18-34/h1-3,6-7,14,16,21-22,25,27H,4-5,8-13,15,17,19-20H2,(H,35,38)/t25?,27-,31?/m0/s1. The molecule has 2 amide bonds. The Hall–Kier alpha value is -2.62. The number of rotatable bonds is 7. The fourth-order valence-electron chi connectivity index (χ4n) is 7.01. The summed E-state index contributed by atoms with van der Waals surface area (Å²) in [5.74, 6) is 1.45. The number of nitrogens with zero attached hydrogens (tertiary/aromatic N) is 3. The number of hydrogen-bond donors (Lipinski definition) is 1. The Morgan fingerprint density at radius 1 is 1.13 bits per heavy atom. The first-order valence-electron chi connectivity index (χ1n) is 14.2. The maximum absolute atomic E-state index is 13.7. The average Bonchev–Trinajstić information content (AvgIpc) is 3.86. The van der Waals surface area contributed by atoms with Crippen LogP contribution in [-0.4, -0.2) is 48.1 Å². The van der Waals surface area contributed by atoms with E-state index in [1.54, 1.807) is 6.07 Å². The summed E-state index contributed by atoms with van der Waals surface area (Å²) in [6.07, 6.45) is 9.10. The van der Waals surface area contributed by atoms with Gasteiger partial charge in [-0.05, 0) is 124 Å². The third-order valence-corrected chi connectivity index (χ3v) is 9.82. The molecule has 2 aromatic rings. The van der Waals surface area contributed by atoms with Crippen molar-refractivity contribution in [1.29, 1.82) is 5.26 Å². The Kier molecular flexibility index (Phi) is 7.09. The van der Waals surface area contributed by atoms with Crippen LogP contribution in [0.4, 0.5) is 14.9 Å². The summed E-state index contributed by atoms with van der Waals surface area (Å²) in [5, 5.41) is 12.4. The molecule has 3 aliphatic carbocycles. The first kappa shape index (κ1) is 25.6. The molecule has 4 aliphatic rings. The van der Waals surface area contributed by atoms with E-state index in [1.807, 2.05) is 12.1 Å². The van der Waals surface area contributed by atoms with Gasteiger partial charge in [0.05, 0.1) is 16.7 Å². The quantitative estimate of drug-likeness (QED) is 0.424. The molecule has 1 saturated heterocycles. The van der Waals surface area contributed by atoms with Gasteiger partial charge in [-0.1, -0.05) is 23.7 Å². The van der Waals surface area contributed by atoms with E-state index in [9.17, 15) is 14.4 Å². The molecule has 2 aromatic carbocycles. The number of anilines is 1. The Bertz CT molecular complexity index is 1230. The number of fused-ring (bicyclic) bond motifs is 1. The summed E-state index contributed by atoms with van der Waals surface area (Å²) in [7, 11) is 0. The number of benzene rings is 2. The minimum Gasteiger partial charge on any atom is -0.321 e. The van der Waals surface area contributed by atoms with Gasteiger partial charge < -0.3 is 15.1 Å². The van der Waals surface area contributed by atoms with E-state index in [2.05, 4.69) is 33.3 Å². The summed E-state index contributed by atoms with van der Waals surface area (Å²) in [5.41, 5.74) is 2.68. The largest absolute Gasteiger partial charge is 0.322 e. The molecule has 0 bridgehead atoms. The number of piperidine rings is 1. The van der Waals surface area contributed by atoms with Crippen LogP contribution in [0.1, 0.15) is 62.5 Å². The predicted octanol–water partition coefficient (Wildman–Crippen LogP) is 6.82. The van der Waals surface area contributed by atoms with Crippen molar-refractivity contribution < 1.29 is 9.18 Å². The molecule has 1 N–H and O–H groups in total. The van der Waals surface area contributed by atoms with Gasteiger partial charge in [-0.3, -0.25) is 0 Å². The minimum atomic E-state index is -0.489. The molecular formula is C31H36ClFN4O. The van der Waals surface area contributed by atoms with Crippen molar-refractivity contribution in [2.45, 2.75) is 62.8 Å². The van der Waals surface area contributed by atoms with E-state index in [4.69, 9.17) is 11.6 Å². The van der Waals surface area contributed by atoms with Crippen molar-refractivity contribution >= 4 is 23.3 Å². The molecule has 0 radical (unpaired) electrons. The van der Waals surface area contributed by atoms with Crippen LogP contribution in [0.2, 0.25) is 5.02 Å².